The summed E-state index contributed by atoms with van der Waals surface area (Å²) in [4.78, 5) is 40.2. The number of amides is 1. The molecule has 2 atom stereocenters. The summed E-state index contributed by atoms with van der Waals surface area (Å²) >= 11 is 8.30. The van der Waals surface area contributed by atoms with Gasteiger partial charge in [-0.15, -0.1) is 0 Å². The highest BCUT2D eigenvalue weighted by molar-refractivity contribution is 14.1. The number of hydrogen-bond donors (Lipinski definition) is 1. The highest BCUT2D eigenvalue weighted by Crippen LogP contribution is 2.27. The number of hydrogen-bond acceptors (Lipinski definition) is 6. The number of para-hydroxylation sites is 1. The fraction of sp³-hybridized carbons (Fsp3) is 0.370. The molecule has 2 unspecified atom stereocenters. The van der Waals surface area contributed by atoms with Gasteiger partial charge in [-0.1, -0.05) is 35.9 Å². The molecule has 36 heavy (non-hydrogen) atoms. The Morgan fingerprint density at radius 3 is 2.53 bits per heavy atom. The van der Waals surface area contributed by atoms with Crippen molar-refractivity contribution in [2.75, 3.05) is 16.8 Å². The maximum atomic E-state index is 13.1. The van der Waals surface area contributed by atoms with E-state index in [0.29, 0.717) is 29.2 Å². The van der Waals surface area contributed by atoms with Gasteiger partial charge in [-0.05, 0) is 93.5 Å². The molecule has 0 bridgehead atoms. The minimum atomic E-state index is -1.09. The molecule has 9 heteroatoms. The summed E-state index contributed by atoms with van der Waals surface area (Å²) in [5.74, 6) is -1.35. The van der Waals surface area contributed by atoms with Gasteiger partial charge in [-0.3, -0.25) is 4.79 Å². The molecule has 1 saturated heterocycles. The summed E-state index contributed by atoms with van der Waals surface area (Å²) < 4.78 is 11.6. The van der Waals surface area contributed by atoms with E-state index in [1.165, 1.54) is 6.92 Å². The first-order valence-electron chi connectivity index (χ1n) is 11.7. The van der Waals surface area contributed by atoms with E-state index < -0.39 is 29.7 Å². The Bertz CT molecular complexity index is 1150. The van der Waals surface area contributed by atoms with Crippen LogP contribution in [0.5, 0.6) is 0 Å². The number of nitrogens with zero attached hydrogens (tertiary/aromatic N) is 1. The van der Waals surface area contributed by atoms with Gasteiger partial charge in [-0.25, -0.2) is 9.59 Å². The summed E-state index contributed by atoms with van der Waals surface area (Å²) in [6.07, 6.45) is 1.43. The average Bonchev–Trinajstić information content (AvgIpc) is 3.18. The van der Waals surface area contributed by atoms with Crippen LogP contribution in [0.2, 0.25) is 5.02 Å². The molecule has 2 aromatic rings. The third kappa shape index (κ3) is 7.70. The minimum Gasteiger partial charge on any atom is -0.457 e. The number of nitrogens with one attached hydrogen (secondary N) is 1. The maximum absolute atomic E-state index is 13.1. The van der Waals surface area contributed by atoms with Crippen molar-refractivity contribution in [2.24, 2.45) is 0 Å². The SMILES string of the molecule is CC(OC(=O)C(CC=C1CCN(c2ccccc2)C1=O)Nc1cc(Cl)ccc1I)C(=O)OC(C)(C)C. The molecule has 192 valence electrons. The number of rotatable bonds is 8. The first kappa shape index (κ1) is 28.0. The Balaban J connectivity index is 1.77. The zero-order valence-corrected chi connectivity index (χ0v) is 23.6. The van der Waals surface area contributed by atoms with E-state index in [0.717, 1.165) is 9.26 Å². The number of halogens is 2. The van der Waals surface area contributed by atoms with Crippen molar-refractivity contribution in [3.8, 4) is 0 Å². The number of esters is 2. The molecule has 7 nitrogen and oxygen atoms in total. The zero-order chi connectivity index (χ0) is 26.5. The van der Waals surface area contributed by atoms with Crippen LogP contribution in [0.1, 0.15) is 40.5 Å². The topological polar surface area (TPSA) is 84.9 Å². The lowest BCUT2D eigenvalue weighted by Crippen LogP contribution is -2.38. The Labute approximate surface area is 230 Å². The monoisotopic (exact) mass is 624 g/mol. The summed E-state index contributed by atoms with van der Waals surface area (Å²) in [6, 6.07) is 13.9. The maximum Gasteiger partial charge on any atom is 0.347 e. The summed E-state index contributed by atoms with van der Waals surface area (Å²) in [6.45, 7) is 7.28. The minimum absolute atomic E-state index is 0.0900. The van der Waals surface area contributed by atoms with Gasteiger partial charge in [0.1, 0.15) is 11.6 Å². The molecule has 0 radical (unpaired) electrons. The Hall–Kier alpha value is -2.59. The molecular formula is C27H30ClIN2O5. The van der Waals surface area contributed by atoms with E-state index in [9.17, 15) is 14.4 Å². The lowest BCUT2D eigenvalue weighted by atomic mass is 10.1. The van der Waals surface area contributed by atoms with Gasteiger partial charge in [-0.2, -0.15) is 0 Å². The van der Waals surface area contributed by atoms with Crippen LogP contribution < -0.4 is 10.2 Å². The summed E-state index contributed by atoms with van der Waals surface area (Å²) in [5, 5.41) is 3.68. The van der Waals surface area contributed by atoms with Crippen LogP contribution in [-0.2, 0) is 23.9 Å². The van der Waals surface area contributed by atoms with E-state index in [2.05, 4.69) is 27.9 Å². The largest absolute Gasteiger partial charge is 0.457 e. The van der Waals surface area contributed by atoms with Crippen molar-refractivity contribution in [1.29, 1.82) is 0 Å². The van der Waals surface area contributed by atoms with Crippen LogP contribution in [0.3, 0.4) is 0 Å². The van der Waals surface area contributed by atoms with Gasteiger partial charge in [0.25, 0.3) is 5.91 Å². The average molecular weight is 625 g/mol. The van der Waals surface area contributed by atoms with Crippen LogP contribution >= 0.6 is 34.2 Å². The summed E-state index contributed by atoms with van der Waals surface area (Å²) in [5.41, 5.74) is 1.40. The predicted molar refractivity (Wildman–Crippen MR) is 149 cm³/mol. The van der Waals surface area contributed by atoms with Crippen LogP contribution in [-0.4, -0.2) is 42.1 Å². The highest BCUT2D eigenvalue weighted by Gasteiger charge is 2.30. The van der Waals surface area contributed by atoms with Crippen molar-refractivity contribution in [2.45, 2.75) is 58.3 Å². The van der Waals surface area contributed by atoms with Crippen molar-refractivity contribution in [1.82, 2.24) is 0 Å². The number of carbonyl (C=O) groups excluding carboxylic acids is 3. The van der Waals surface area contributed by atoms with E-state index >= 15 is 0 Å². The van der Waals surface area contributed by atoms with Crippen LogP contribution in [0.4, 0.5) is 11.4 Å². The van der Waals surface area contributed by atoms with Gasteiger partial charge >= 0.3 is 11.9 Å². The molecule has 0 saturated carbocycles. The molecular weight excluding hydrogens is 595 g/mol. The molecule has 1 fully saturated rings. The normalized spacial score (nSPS) is 16.6. The van der Waals surface area contributed by atoms with E-state index in [4.69, 9.17) is 21.1 Å². The molecule has 1 aliphatic rings. The highest BCUT2D eigenvalue weighted by atomic mass is 127. The van der Waals surface area contributed by atoms with Crippen molar-refractivity contribution < 1.29 is 23.9 Å². The van der Waals surface area contributed by atoms with Gasteiger partial charge in [0, 0.05) is 32.1 Å². The third-order valence-electron chi connectivity index (χ3n) is 5.37. The molecule has 2 aromatic carbocycles. The summed E-state index contributed by atoms with van der Waals surface area (Å²) in [7, 11) is 0. The lowest BCUT2D eigenvalue weighted by molar-refractivity contribution is -0.174. The Morgan fingerprint density at radius 1 is 1.17 bits per heavy atom. The molecule has 3 rings (SSSR count). The van der Waals surface area contributed by atoms with E-state index in [1.54, 1.807) is 43.9 Å². The fourth-order valence-corrected chi connectivity index (χ4v) is 4.28. The second-order valence-corrected chi connectivity index (χ2v) is 11.0. The van der Waals surface area contributed by atoms with Gasteiger partial charge in [0.15, 0.2) is 6.10 Å². The smallest absolute Gasteiger partial charge is 0.347 e. The molecule has 1 amide bonds. The van der Waals surface area contributed by atoms with Crippen LogP contribution in [0, 0.1) is 3.57 Å². The van der Waals surface area contributed by atoms with E-state index in [1.807, 2.05) is 36.4 Å². The van der Waals surface area contributed by atoms with Crippen LogP contribution in [0.15, 0.2) is 60.2 Å². The third-order valence-corrected chi connectivity index (χ3v) is 6.54. The Kier molecular flexibility index (Phi) is 9.41. The first-order chi connectivity index (χ1) is 16.9. The van der Waals surface area contributed by atoms with Crippen molar-refractivity contribution in [3.63, 3.8) is 0 Å². The lowest BCUT2D eigenvalue weighted by Gasteiger charge is -2.24. The molecule has 1 heterocycles. The van der Waals surface area contributed by atoms with Gasteiger partial charge < -0.3 is 19.7 Å². The van der Waals surface area contributed by atoms with Gasteiger partial charge in [0.05, 0.1) is 0 Å². The van der Waals surface area contributed by atoms with E-state index in [-0.39, 0.29) is 12.3 Å². The first-order valence-corrected chi connectivity index (χ1v) is 13.1. The number of ether oxygens (including phenoxy) is 2. The van der Waals surface area contributed by atoms with Gasteiger partial charge in [0.2, 0.25) is 0 Å². The number of benzene rings is 2. The van der Waals surface area contributed by atoms with Crippen LogP contribution in [0.25, 0.3) is 0 Å². The standard InChI is InChI=1S/C27H30ClIN2O5/c1-17(25(33)36-27(2,3)4)35-26(34)22(30-23-16-19(28)11-12-21(23)29)13-10-18-14-15-31(24(18)32)20-8-6-5-7-9-20/h5-12,16-17,22,30H,13-15H2,1-4H3. The zero-order valence-electron chi connectivity index (χ0n) is 20.7. The van der Waals surface area contributed by atoms with Crippen molar-refractivity contribution in [3.05, 3.63) is 68.8 Å². The number of carbonyl (C=O) groups is 3. The second kappa shape index (κ2) is 12.1. The Morgan fingerprint density at radius 2 is 1.86 bits per heavy atom. The fourth-order valence-electron chi connectivity index (χ4n) is 3.62. The molecule has 0 spiro atoms. The molecule has 0 aliphatic carbocycles. The predicted octanol–water partition coefficient (Wildman–Crippen LogP) is 5.75. The second-order valence-electron chi connectivity index (χ2n) is 9.44. The van der Waals surface area contributed by atoms with Crippen molar-refractivity contribution >= 4 is 63.4 Å². The molecule has 1 N–H and O–H groups in total. The number of anilines is 2. The molecule has 1 aliphatic heterocycles. The molecule has 0 aromatic heterocycles. The quantitative estimate of drug-likeness (QED) is 0.229.